The summed E-state index contributed by atoms with van der Waals surface area (Å²) in [7, 11) is -3.61. The molecule has 1 heterocycles. The predicted octanol–water partition coefficient (Wildman–Crippen LogP) is 2.53. The van der Waals surface area contributed by atoms with E-state index >= 15 is 0 Å². The third-order valence-electron chi connectivity index (χ3n) is 2.11. The van der Waals surface area contributed by atoms with E-state index in [9.17, 15) is 8.42 Å². The second-order valence-electron chi connectivity index (χ2n) is 3.69. The zero-order valence-electron chi connectivity index (χ0n) is 10.5. The molecule has 1 aromatic heterocycles. The number of halogens is 1. The Morgan fingerprint density at radius 3 is 2.50 bits per heavy atom. The molecule has 1 aromatic carbocycles. The summed E-state index contributed by atoms with van der Waals surface area (Å²) in [6, 6.07) is 6.12. The van der Waals surface area contributed by atoms with Crippen LogP contribution in [0.25, 0.3) is 0 Å². The summed E-state index contributed by atoms with van der Waals surface area (Å²) in [5, 5.41) is 2.03. The van der Waals surface area contributed by atoms with Crippen molar-refractivity contribution in [1.29, 1.82) is 0 Å². The highest BCUT2D eigenvalue weighted by Gasteiger charge is 2.14. The fourth-order valence-electron chi connectivity index (χ4n) is 1.35. The normalized spacial score (nSPS) is 11.8. The summed E-state index contributed by atoms with van der Waals surface area (Å²) in [6.45, 7) is 1.66. The van der Waals surface area contributed by atoms with Crippen molar-refractivity contribution in [3.63, 3.8) is 0 Å². The van der Waals surface area contributed by atoms with Gasteiger partial charge in [-0.3, -0.25) is 4.72 Å². The van der Waals surface area contributed by atoms with Gasteiger partial charge in [-0.1, -0.05) is 0 Å². The van der Waals surface area contributed by atoms with Crippen LogP contribution in [0.2, 0.25) is 0 Å². The highest BCUT2D eigenvalue weighted by atomic mass is 79.9. The van der Waals surface area contributed by atoms with Gasteiger partial charge in [-0.05, 0) is 31.2 Å². The third-order valence-corrected chi connectivity index (χ3v) is 4.28. The van der Waals surface area contributed by atoms with E-state index in [1.807, 2.05) is 0 Å². The van der Waals surface area contributed by atoms with Crippen molar-refractivity contribution in [3.05, 3.63) is 35.8 Å². The summed E-state index contributed by atoms with van der Waals surface area (Å²) in [6.07, 6.45) is 1.53. The molecule has 0 aliphatic heterocycles. The fraction of sp³-hybridized carbons (Fsp3) is 0.0909. The van der Waals surface area contributed by atoms with Crippen LogP contribution in [-0.2, 0) is 10.0 Å². The largest absolute Gasteiger partial charge is 0.387 e. The van der Waals surface area contributed by atoms with Crippen LogP contribution in [0, 0.1) is 0 Å². The number of nitrogens with zero attached hydrogens (tertiary/aromatic N) is 2. The van der Waals surface area contributed by atoms with E-state index < -0.39 is 10.0 Å². The number of hydrogen-bond acceptors (Lipinski definition) is 5. The minimum Gasteiger partial charge on any atom is -0.387 e. The molecule has 2 rings (SSSR count). The van der Waals surface area contributed by atoms with Crippen molar-refractivity contribution >= 4 is 55.0 Å². The van der Waals surface area contributed by atoms with E-state index in [2.05, 4.69) is 14.7 Å². The zero-order valence-corrected chi connectivity index (χ0v) is 13.8. The first-order valence-corrected chi connectivity index (χ1v) is 7.67. The second-order valence-corrected chi connectivity index (χ2v) is 6.27. The van der Waals surface area contributed by atoms with Gasteiger partial charge in [-0.25, -0.2) is 18.4 Å². The van der Waals surface area contributed by atoms with E-state index in [4.69, 9.17) is 5.73 Å². The number of amidine groups is 1. The first-order valence-electron chi connectivity index (χ1n) is 5.30. The summed E-state index contributed by atoms with van der Waals surface area (Å²) in [5.74, 6) is 0.413. The number of sulfonamides is 1. The fourth-order valence-corrected chi connectivity index (χ4v) is 3.14. The van der Waals surface area contributed by atoms with Crippen molar-refractivity contribution in [2.24, 2.45) is 10.7 Å². The summed E-state index contributed by atoms with van der Waals surface area (Å²) >= 11 is 1.22. The van der Waals surface area contributed by atoms with Crippen molar-refractivity contribution in [3.8, 4) is 0 Å². The Hall–Kier alpha value is -1.45. The average molecular weight is 377 g/mol. The number of benzene rings is 1. The van der Waals surface area contributed by atoms with Gasteiger partial charge in [-0.15, -0.1) is 28.3 Å². The molecule has 0 unspecified atom stereocenters. The van der Waals surface area contributed by atoms with Gasteiger partial charge < -0.3 is 5.73 Å². The monoisotopic (exact) mass is 376 g/mol. The van der Waals surface area contributed by atoms with Crippen molar-refractivity contribution in [2.75, 3.05) is 4.72 Å². The molecule has 0 saturated heterocycles. The Morgan fingerprint density at radius 2 is 2.00 bits per heavy atom. The molecule has 108 valence electrons. The highest BCUT2D eigenvalue weighted by Crippen LogP contribution is 2.20. The molecule has 0 aliphatic carbocycles. The first-order chi connectivity index (χ1) is 8.97. The molecule has 0 spiro atoms. The molecule has 6 nitrogen and oxygen atoms in total. The Morgan fingerprint density at radius 1 is 1.35 bits per heavy atom. The molecule has 0 saturated carbocycles. The lowest BCUT2D eigenvalue weighted by molar-refractivity contribution is 0.601. The number of nitrogens with two attached hydrogens (primary N) is 1. The van der Waals surface area contributed by atoms with Crippen LogP contribution < -0.4 is 10.5 Å². The number of rotatable bonds is 4. The standard InChI is InChI=1S/C11H12N4O2S2.BrH/c1-8(12)14-9-2-4-10(5-3-9)19(16,17)15-11-13-6-7-18-11;/h2-7H,1H3,(H2,12,14)(H,13,15);1H. The molecule has 20 heavy (non-hydrogen) atoms. The number of aliphatic imine (C=N–C) groups is 1. The molecule has 0 radical (unpaired) electrons. The van der Waals surface area contributed by atoms with Crippen LogP contribution >= 0.6 is 28.3 Å². The topological polar surface area (TPSA) is 97.4 Å². The van der Waals surface area contributed by atoms with Crippen LogP contribution in [0.4, 0.5) is 10.8 Å². The van der Waals surface area contributed by atoms with Gasteiger partial charge in [0.2, 0.25) is 0 Å². The SMILES string of the molecule is Br.CC(N)=Nc1ccc(S(=O)(=O)Nc2nccs2)cc1. The van der Waals surface area contributed by atoms with Crippen LogP contribution in [-0.4, -0.2) is 19.2 Å². The molecule has 0 amide bonds. The number of thiazole rings is 1. The van der Waals surface area contributed by atoms with E-state index in [0.29, 0.717) is 16.7 Å². The van der Waals surface area contributed by atoms with Crippen LogP contribution in [0.15, 0.2) is 45.7 Å². The van der Waals surface area contributed by atoms with Crippen LogP contribution in [0.5, 0.6) is 0 Å². The lowest BCUT2D eigenvalue weighted by atomic mass is 10.3. The van der Waals surface area contributed by atoms with E-state index in [0.717, 1.165) is 0 Å². The van der Waals surface area contributed by atoms with Gasteiger partial charge in [0.25, 0.3) is 10.0 Å². The summed E-state index contributed by atoms with van der Waals surface area (Å²) in [5.41, 5.74) is 6.06. The van der Waals surface area contributed by atoms with E-state index in [1.54, 1.807) is 24.4 Å². The van der Waals surface area contributed by atoms with Crippen molar-refractivity contribution in [2.45, 2.75) is 11.8 Å². The minimum absolute atomic E-state index is 0. The Labute approximate surface area is 131 Å². The lowest BCUT2D eigenvalue weighted by Crippen LogP contribution is -2.12. The van der Waals surface area contributed by atoms with Gasteiger partial charge in [0.05, 0.1) is 16.4 Å². The molecular weight excluding hydrogens is 364 g/mol. The smallest absolute Gasteiger partial charge is 0.263 e. The molecule has 2 aromatic rings. The predicted molar refractivity (Wildman–Crippen MR) is 86.6 cm³/mol. The van der Waals surface area contributed by atoms with Gasteiger partial charge >= 0.3 is 0 Å². The molecule has 9 heteroatoms. The molecule has 0 bridgehead atoms. The molecule has 0 atom stereocenters. The van der Waals surface area contributed by atoms with E-state index in [-0.39, 0.29) is 21.9 Å². The maximum atomic E-state index is 12.0. The average Bonchev–Trinajstić information content (AvgIpc) is 2.81. The van der Waals surface area contributed by atoms with Gasteiger partial charge in [0.15, 0.2) is 5.13 Å². The molecule has 0 fully saturated rings. The number of nitrogens with one attached hydrogen (secondary N) is 1. The van der Waals surface area contributed by atoms with Gasteiger partial charge in [0, 0.05) is 11.6 Å². The van der Waals surface area contributed by atoms with Crippen LogP contribution in [0.3, 0.4) is 0 Å². The Bertz CT molecular complexity index is 678. The van der Waals surface area contributed by atoms with Crippen molar-refractivity contribution in [1.82, 2.24) is 4.98 Å². The maximum absolute atomic E-state index is 12.0. The molecular formula is C11H13BrN4O2S2. The molecule has 0 aliphatic rings. The zero-order chi connectivity index (χ0) is 13.9. The maximum Gasteiger partial charge on any atom is 0.263 e. The Kier molecular flexibility index (Phi) is 5.66. The number of anilines is 1. The number of aromatic nitrogens is 1. The first kappa shape index (κ1) is 16.6. The van der Waals surface area contributed by atoms with Gasteiger partial charge in [-0.2, -0.15) is 0 Å². The van der Waals surface area contributed by atoms with Crippen molar-refractivity contribution < 1.29 is 8.42 Å². The lowest BCUT2D eigenvalue weighted by Gasteiger charge is -2.05. The molecule has 3 N–H and O–H groups in total. The summed E-state index contributed by atoms with van der Waals surface area (Å²) < 4.78 is 26.5. The quantitative estimate of drug-likeness (QED) is 0.632. The number of hydrogen-bond donors (Lipinski definition) is 2. The Balaban J connectivity index is 0.00000200. The second kappa shape index (κ2) is 6.82. The third kappa shape index (κ3) is 4.29. The summed E-state index contributed by atoms with van der Waals surface area (Å²) in [4.78, 5) is 8.05. The highest BCUT2D eigenvalue weighted by molar-refractivity contribution is 8.93. The van der Waals surface area contributed by atoms with Crippen LogP contribution in [0.1, 0.15) is 6.92 Å². The van der Waals surface area contributed by atoms with Gasteiger partial charge in [0.1, 0.15) is 0 Å². The van der Waals surface area contributed by atoms with E-state index in [1.165, 1.54) is 29.7 Å². The minimum atomic E-state index is -3.61.